The number of imidazole rings is 1. The van der Waals surface area contributed by atoms with Crippen LogP contribution in [0, 0.1) is 10.1 Å². The third-order valence-corrected chi connectivity index (χ3v) is 6.92. The van der Waals surface area contributed by atoms with E-state index in [1.54, 1.807) is 48.2 Å². The van der Waals surface area contributed by atoms with Crippen LogP contribution in [0.2, 0.25) is 10.0 Å². The zero-order chi connectivity index (χ0) is 29.0. The first-order valence-corrected chi connectivity index (χ1v) is 13.0. The summed E-state index contributed by atoms with van der Waals surface area (Å²) < 4.78 is 2.15. The molecule has 0 atom stereocenters. The average molecular weight is 585 g/mol. The number of aryl methyl sites for hydroxylation is 1. The van der Waals surface area contributed by atoms with E-state index in [1.807, 2.05) is 21.0 Å². The number of pyridine rings is 1. The van der Waals surface area contributed by atoms with E-state index >= 15 is 0 Å². The number of rotatable bonds is 10. The van der Waals surface area contributed by atoms with Gasteiger partial charge in [0.15, 0.2) is 5.69 Å². The fourth-order valence-corrected chi connectivity index (χ4v) is 4.43. The summed E-state index contributed by atoms with van der Waals surface area (Å²) in [5.41, 5.74) is 1.81. The summed E-state index contributed by atoms with van der Waals surface area (Å²) >= 11 is 12.1. The highest BCUT2D eigenvalue weighted by molar-refractivity contribution is 6.42. The number of benzene rings is 1. The fraction of sp³-hybridized carbons (Fsp3) is 0.269. The number of nitrogens with zero attached hydrogens (tertiary/aromatic N) is 7. The van der Waals surface area contributed by atoms with E-state index in [9.17, 15) is 14.9 Å². The molecule has 12 nitrogen and oxygen atoms in total. The normalized spacial score (nSPS) is 11.8. The van der Waals surface area contributed by atoms with Crippen molar-refractivity contribution in [2.45, 2.75) is 19.9 Å². The monoisotopic (exact) mass is 584 g/mol. The Hall–Kier alpha value is -4.13. The van der Waals surface area contributed by atoms with Gasteiger partial charge >= 0.3 is 5.82 Å². The van der Waals surface area contributed by atoms with Crippen LogP contribution in [-0.2, 0) is 24.8 Å². The molecule has 0 fully saturated rings. The molecular weight excluding hydrogens is 557 g/mol. The van der Waals surface area contributed by atoms with E-state index in [0.29, 0.717) is 73.8 Å². The number of nitrogens with one attached hydrogen (secondary N) is 2. The van der Waals surface area contributed by atoms with Gasteiger partial charge in [-0.15, -0.1) is 0 Å². The molecule has 208 valence electrons. The molecule has 14 heteroatoms. The zero-order valence-electron chi connectivity index (χ0n) is 22.4. The van der Waals surface area contributed by atoms with Crippen molar-refractivity contribution in [1.29, 1.82) is 0 Å². The third-order valence-electron chi connectivity index (χ3n) is 6.18. The lowest BCUT2D eigenvalue weighted by molar-refractivity contribution is -0.898. The molecule has 4 rings (SSSR count). The van der Waals surface area contributed by atoms with Crippen LogP contribution in [0.1, 0.15) is 18.4 Å². The molecule has 0 aliphatic rings. The number of likely N-dealkylation sites (N-methyl/N-ethyl adjacent to an activating group) is 1. The van der Waals surface area contributed by atoms with Gasteiger partial charge in [-0.2, -0.15) is 0 Å². The Balaban J connectivity index is 1.44. The summed E-state index contributed by atoms with van der Waals surface area (Å²) in [4.78, 5) is 40.7. The summed E-state index contributed by atoms with van der Waals surface area (Å²) in [5.74, 6) is 0.973. The van der Waals surface area contributed by atoms with Crippen LogP contribution in [0.4, 0.5) is 23.1 Å². The van der Waals surface area contributed by atoms with E-state index in [2.05, 4.69) is 30.6 Å². The number of hydrogen-bond donors (Lipinski definition) is 2. The Kier molecular flexibility index (Phi) is 8.62. The molecule has 0 radical (unpaired) electrons. The second-order valence-corrected chi connectivity index (χ2v) is 10.5. The van der Waals surface area contributed by atoms with Crippen LogP contribution in [0.25, 0.3) is 10.9 Å². The van der Waals surface area contributed by atoms with Crippen molar-refractivity contribution in [2.75, 3.05) is 31.3 Å². The molecule has 40 heavy (non-hydrogen) atoms. The number of aromatic nitrogens is 5. The van der Waals surface area contributed by atoms with E-state index in [4.69, 9.17) is 23.2 Å². The molecular formula is C26H28Cl2N9O3+. The predicted octanol–water partition coefficient (Wildman–Crippen LogP) is 5.05. The standard InChI is InChI=1S/C26H27Cl2N9O3/c1-5-23-34-26(36(39)40)21(35(23)2)14-37(3,4)10-6-7-24(38)33-22-12-17-20(13-29-22)30-15-31-25(17)32-16-8-9-18(27)19(28)11-16/h6-9,11-13,15H,5,10,14H2,1-4H3,(H-,29,30,31,32,33,38)/p+1/b7-6+. The van der Waals surface area contributed by atoms with E-state index < -0.39 is 4.92 Å². The second-order valence-electron chi connectivity index (χ2n) is 9.70. The number of carbonyl (C=O) groups excluding carboxylic acids is 1. The van der Waals surface area contributed by atoms with Gasteiger partial charge in [0.25, 0.3) is 0 Å². The molecule has 0 aliphatic carbocycles. The SMILES string of the molecule is CCc1nc([N+](=O)[O-])c(C[N+](C)(C)C/C=C/C(=O)Nc2cc3c(Nc4ccc(Cl)c(Cl)c4)ncnc3cn2)n1C. The highest BCUT2D eigenvalue weighted by Gasteiger charge is 2.30. The quantitative estimate of drug-likeness (QED) is 0.114. The molecule has 3 heterocycles. The molecule has 4 aromatic rings. The molecule has 0 bridgehead atoms. The van der Waals surface area contributed by atoms with Crippen molar-refractivity contribution in [3.05, 3.63) is 80.6 Å². The molecule has 0 aliphatic heterocycles. The fourth-order valence-electron chi connectivity index (χ4n) is 4.13. The average Bonchev–Trinajstić information content (AvgIpc) is 3.21. The van der Waals surface area contributed by atoms with Crippen molar-refractivity contribution in [3.8, 4) is 0 Å². The summed E-state index contributed by atoms with van der Waals surface area (Å²) in [6.45, 7) is 2.72. The Labute approximate surface area is 240 Å². The number of amides is 1. The van der Waals surface area contributed by atoms with Gasteiger partial charge in [0.1, 0.15) is 24.5 Å². The number of fused-ring (bicyclic) bond motifs is 1. The van der Waals surface area contributed by atoms with Gasteiger partial charge in [-0.3, -0.25) is 4.79 Å². The Morgan fingerprint density at radius 1 is 1.18 bits per heavy atom. The van der Waals surface area contributed by atoms with Crippen LogP contribution in [0.5, 0.6) is 0 Å². The highest BCUT2D eigenvalue weighted by Crippen LogP contribution is 2.29. The van der Waals surface area contributed by atoms with Gasteiger partial charge in [-0.1, -0.05) is 30.1 Å². The lowest BCUT2D eigenvalue weighted by Gasteiger charge is -2.28. The molecule has 2 N–H and O–H groups in total. The first-order valence-electron chi connectivity index (χ1n) is 12.3. The number of hydrogen-bond acceptors (Lipinski definition) is 8. The number of quaternary nitrogens is 1. The molecule has 1 aromatic carbocycles. The van der Waals surface area contributed by atoms with E-state index in [0.717, 1.165) is 0 Å². The largest absolute Gasteiger partial charge is 0.391 e. The predicted molar refractivity (Wildman–Crippen MR) is 155 cm³/mol. The van der Waals surface area contributed by atoms with Gasteiger partial charge in [0, 0.05) is 30.6 Å². The van der Waals surface area contributed by atoms with Gasteiger partial charge in [-0.05, 0) is 40.2 Å². The Morgan fingerprint density at radius 2 is 1.95 bits per heavy atom. The summed E-state index contributed by atoms with van der Waals surface area (Å²) in [6, 6.07) is 6.80. The maximum Gasteiger partial charge on any atom is 0.391 e. The lowest BCUT2D eigenvalue weighted by Crippen LogP contribution is -2.39. The minimum absolute atomic E-state index is 0.133. The molecule has 0 saturated carbocycles. The van der Waals surface area contributed by atoms with Crippen LogP contribution < -0.4 is 10.6 Å². The summed E-state index contributed by atoms with van der Waals surface area (Å²) in [6.07, 6.45) is 6.68. The maximum atomic E-state index is 12.7. The highest BCUT2D eigenvalue weighted by atomic mass is 35.5. The molecule has 0 saturated heterocycles. The first kappa shape index (κ1) is 28.9. The van der Waals surface area contributed by atoms with Crippen LogP contribution in [-0.4, -0.2) is 60.5 Å². The molecule has 3 aromatic heterocycles. The van der Waals surface area contributed by atoms with Crippen molar-refractivity contribution in [2.24, 2.45) is 7.05 Å². The third kappa shape index (κ3) is 6.71. The Morgan fingerprint density at radius 3 is 2.65 bits per heavy atom. The van der Waals surface area contributed by atoms with E-state index in [1.165, 1.54) is 12.4 Å². The van der Waals surface area contributed by atoms with Crippen molar-refractivity contribution >= 4 is 63.2 Å². The van der Waals surface area contributed by atoms with Crippen LogP contribution in [0.15, 0.2) is 48.9 Å². The molecule has 0 unspecified atom stereocenters. The van der Waals surface area contributed by atoms with Crippen molar-refractivity contribution in [3.63, 3.8) is 0 Å². The summed E-state index contributed by atoms with van der Waals surface area (Å²) in [5, 5.41) is 18.9. The first-order chi connectivity index (χ1) is 19.0. The zero-order valence-corrected chi connectivity index (χ0v) is 23.9. The van der Waals surface area contributed by atoms with Crippen LogP contribution in [0.3, 0.4) is 0 Å². The number of nitro groups is 1. The second kappa shape index (κ2) is 11.9. The minimum atomic E-state index is -0.453. The Bertz CT molecular complexity index is 1620. The smallest absolute Gasteiger partial charge is 0.358 e. The minimum Gasteiger partial charge on any atom is -0.358 e. The molecule has 1 amide bonds. The van der Waals surface area contributed by atoms with Crippen LogP contribution >= 0.6 is 23.2 Å². The molecule has 0 spiro atoms. The lowest BCUT2D eigenvalue weighted by atomic mass is 10.2. The van der Waals surface area contributed by atoms with Gasteiger partial charge in [0.2, 0.25) is 11.7 Å². The van der Waals surface area contributed by atoms with Gasteiger partial charge in [-0.25, -0.2) is 15.0 Å². The summed E-state index contributed by atoms with van der Waals surface area (Å²) in [7, 11) is 5.64. The van der Waals surface area contributed by atoms with Gasteiger partial charge in [0.05, 0.1) is 42.4 Å². The maximum absolute atomic E-state index is 12.7. The van der Waals surface area contributed by atoms with Crippen molar-refractivity contribution in [1.82, 2.24) is 24.5 Å². The number of halogens is 2. The van der Waals surface area contributed by atoms with Gasteiger partial charge < -0.3 is 29.8 Å². The van der Waals surface area contributed by atoms with E-state index in [-0.39, 0.29) is 11.7 Å². The number of carbonyl (C=O) groups is 1. The topological polar surface area (TPSA) is 141 Å². The number of anilines is 3. The van der Waals surface area contributed by atoms with Crippen molar-refractivity contribution < 1.29 is 14.2 Å².